The highest BCUT2D eigenvalue weighted by atomic mass is 16.1. The maximum atomic E-state index is 12.4. The van der Waals surface area contributed by atoms with Gasteiger partial charge >= 0.3 is 0 Å². The molecule has 23 heavy (non-hydrogen) atoms. The van der Waals surface area contributed by atoms with Crippen molar-refractivity contribution in [1.82, 2.24) is 10.3 Å². The van der Waals surface area contributed by atoms with Crippen molar-refractivity contribution in [2.75, 3.05) is 25.0 Å². The minimum atomic E-state index is -0.0873. The van der Waals surface area contributed by atoms with Gasteiger partial charge in [-0.25, -0.2) is 0 Å². The fourth-order valence-corrected chi connectivity index (χ4v) is 2.53. The number of anilines is 1. The lowest BCUT2D eigenvalue weighted by atomic mass is 10.1. The Morgan fingerprint density at radius 2 is 1.83 bits per heavy atom. The number of carbonyl (C=O) groups is 1. The molecule has 0 spiro atoms. The Morgan fingerprint density at radius 1 is 1.04 bits per heavy atom. The predicted molar refractivity (Wildman–Crippen MR) is 93.8 cm³/mol. The first-order chi connectivity index (χ1) is 11.3. The van der Waals surface area contributed by atoms with Gasteiger partial charge < -0.3 is 10.2 Å². The lowest BCUT2D eigenvalue weighted by Crippen LogP contribution is -2.33. The standard InChI is InChI=1S/C19H19N3O/c1-22(16-9-3-2-4-10-16)14-13-21-19(23)17-11-5-7-15-8-6-12-20-18(15)17/h2-12H,13-14H2,1H3,(H,21,23). The molecule has 0 aliphatic carbocycles. The molecule has 0 aliphatic rings. The molecule has 116 valence electrons. The van der Waals surface area contributed by atoms with Crippen LogP contribution in [-0.2, 0) is 0 Å². The molecule has 0 unspecified atom stereocenters. The number of pyridine rings is 1. The minimum absolute atomic E-state index is 0.0873. The van der Waals surface area contributed by atoms with E-state index in [9.17, 15) is 4.79 Å². The van der Waals surface area contributed by atoms with E-state index in [4.69, 9.17) is 0 Å². The largest absolute Gasteiger partial charge is 0.373 e. The van der Waals surface area contributed by atoms with Gasteiger partial charge in [0.15, 0.2) is 0 Å². The SMILES string of the molecule is CN(CCNC(=O)c1cccc2cccnc12)c1ccccc1. The number of carbonyl (C=O) groups excluding carboxylic acids is 1. The van der Waals surface area contributed by atoms with Crippen molar-refractivity contribution in [1.29, 1.82) is 0 Å². The van der Waals surface area contributed by atoms with Crippen molar-refractivity contribution in [3.05, 3.63) is 72.4 Å². The summed E-state index contributed by atoms with van der Waals surface area (Å²) in [6, 6.07) is 19.6. The molecule has 1 aromatic heterocycles. The zero-order valence-corrected chi connectivity index (χ0v) is 13.1. The van der Waals surface area contributed by atoms with Crippen LogP contribution in [0.1, 0.15) is 10.4 Å². The number of fused-ring (bicyclic) bond motifs is 1. The number of nitrogens with one attached hydrogen (secondary N) is 1. The first kappa shape index (κ1) is 15.0. The number of hydrogen-bond donors (Lipinski definition) is 1. The summed E-state index contributed by atoms with van der Waals surface area (Å²) in [4.78, 5) is 18.8. The second-order valence-corrected chi connectivity index (χ2v) is 5.39. The van der Waals surface area contributed by atoms with Gasteiger partial charge in [-0.2, -0.15) is 0 Å². The summed E-state index contributed by atoms with van der Waals surface area (Å²) in [6.07, 6.45) is 1.71. The average Bonchev–Trinajstić information content (AvgIpc) is 2.61. The lowest BCUT2D eigenvalue weighted by molar-refractivity contribution is 0.0956. The van der Waals surface area contributed by atoms with Gasteiger partial charge in [0, 0.05) is 37.4 Å². The second-order valence-electron chi connectivity index (χ2n) is 5.39. The normalized spacial score (nSPS) is 10.5. The van der Waals surface area contributed by atoms with Crippen LogP contribution in [0.25, 0.3) is 10.9 Å². The van der Waals surface area contributed by atoms with Gasteiger partial charge in [0.25, 0.3) is 5.91 Å². The van der Waals surface area contributed by atoms with E-state index in [1.54, 1.807) is 6.20 Å². The van der Waals surface area contributed by atoms with Crippen LogP contribution in [-0.4, -0.2) is 31.0 Å². The Hall–Kier alpha value is -2.88. The quantitative estimate of drug-likeness (QED) is 0.788. The lowest BCUT2D eigenvalue weighted by Gasteiger charge is -2.19. The second kappa shape index (κ2) is 6.92. The fourth-order valence-electron chi connectivity index (χ4n) is 2.53. The Labute approximate surface area is 135 Å². The zero-order valence-electron chi connectivity index (χ0n) is 13.1. The molecule has 1 N–H and O–H groups in total. The number of aromatic nitrogens is 1. The van der Waals surface area contributed by atoms with Crippen LogP contribution < -0.4 is 10.2 Å². The first-order valence-corrected chi connectivity index (χ1v) is 7.64. The van der Waals surface area contributed by atoms with Crippen LogP contribution in [0, 0.1) is 0 Å². The number of nitrogens with zero attached hydrogens (tertiary/aromatic N) is 2. The van der Waals surface area contributed by atoms with Crippen molar-refractivity contribution in [3.8, 4) is 0 Å². The fraction of sp³-hybridized carbons (Fsp3) is 0.158. The summed E-state index contributed by atoms with van der Waals surface area (Å²) in [5.74, 6) is -0.0873. The van der Waals surface area contributed by atoms with E-state index in [0.29, 0.717) is 12.1 Å². The van der Waals surface area contributed by atoms with Crippen molar-refractivity contribution in [2.24, 2.45) is 0 Å². The Kier molecular flexibility index (Phi) is 4.52. The van der Waals surface area contributed by atoms with E-state index in [-0.39, 0.29) is 5.91 Å². The van der Waals surface area contributed by atoms with E-state index < -0.39 is 0 Å². The number of para-hydroxylation sites is 2. The van der Waals surface area contributed by atoms with Gasteiger partial charge in [-0.15, -0.1) is 0 Å². The number of benzene rings is 2. The van der Waals surface area contributed by atoms with Crippen molar-refractivity contribution in [2.45, 2.75) is 0 Å². The molecule has 0 radical (unpaired) electrons. The van der Waals surface area contributed by atoms with E-state index in [1.807, 2.05) is 55.6 Å². The molecule has 0 fully saturated rings. The first-order valence-electron chi connectivity index (χ1n) is 7.64. The summed E-state index contributed by atoms with van der Waals surface area (Å²) >= 11 is 0. The molecule has 0 aliphatic heterocycles. The van der Waals surface area contributed by atoms with Crippen LogP contribution >= 0.6 is 0 Å². The van der Waals surface area contributed by atoms with Crippen LogP contribution in [0.15, 0.2) is 66.9 Å². The van der Waals surface area contributed by atoms with Gasteiger partial charge in [-0.05, 0) is 24.3 Å². The van der Waals surface area contributed by atoms with Crippen molar-refractivity contribution >= 4 is 22.5 Å². The molecule has 4 heteroatoms. The number of likely N-dealkylation sites (N-methyl/N-ethyl adjacent to an activating group) is 1. The highest BCUT2D eigenvalue weighted by Gasteiger charge is 2.10. The minimum Gasteiger partial charge on any atom is -0.373 e. The van der Waals surface area contributed by atoms with Gasteiger partial charge in [0.2, 0.25) is 0 Å². The third kappa shape index (κ3) is 3.48. The van der Waals surface area contributed by atoms with Crippen LogP contribution in [0.2, 0.25) is 0 Å². The van der Waals surface area contributed by atoms with Crippen molar-refractivity contribution in [3.63, 3.8) is 0 Å². The van der Waals surface area contributed by atoms with Crippen LogP contribution in [0.4, 0.5) is 5.69 Å². The summed E-state index contributed by atoms with van der Waals surface area (Å²) < 4.78 is 0. The van der Waals surface area contributed by atoms with Gasteiger partial charge in [0.05, 0.1) is 11.1 Å². The van der Waals surface area contributed by atoms with E-state index in [2.05, 4.69) is 27.3 Å². The maximum Gasteiger partial charge on any atom is 0.253 e. The van der Waals surface area contributed by atoms with E-state index >= 15 is 0 Å². The Morgan fingerprint density at radius 3 is 2.65 bits per heavy atom. The van der Waals surface area contributed by atoms with Gasteiger partial charge in [-0.1, -0.05) is 36.4 Å². The zero-order chi connectivity index (χ0) is 16.1. The third-order valence-corrected chi connectivity index (χ3v) is 3.81. The topological polar surface area (TPSA) is 45.2 Å². The summed E-state index contributed by atoms with van der Waals surface area (Å²) in [5.41, 5.74) is 2.49. The highest BCUT2D eigenvalue weighted by molar-refractivity contribution is 6.05. The molecule has 0 bridgehead atoms. The molecule has 0 saturated carbocycles. The van der Waals surface area contributed by atoms with E-state index in [0.717, 1.165) is 23.1 Å². The molecule has 1 heterocycles. The molecule has 0 saturated heterocycles. The molecular weight excluding hydrogens is 286 g/mol. The molecule has 2 aromatic carbocycles. The molecular formula is C19H19N3O. The molecule has 1 amide bonds. The number of hydrogen-bond acceptors (Lipinski definition) is 3. The molecule has 4 nitrogen and oxygen atoms in total. The Bertz CT molecular complexity index is 797. The Balaban J connectivity index is 1.63. The predicted octanol–water partition coefficient (Wildman–Crippen LogP) is 3.10. The van der Waals surface area contributed by atoms with Gasteiger partial charge in [-0.3, -0.25) is 9.78 Å². The van der Waals surface area contributed by atoms with Crippen LogP contribution in [0.3, 0.4) is 0 Å². The van der Waals surface area contributed by atoms with E-state index in [1.165, 1.54) is 0 Å². The van der Waals surface area contributed by atoms with Crippen molar-refractivity contribution < 1.29 is 4.79 Å². The molecule has 3 aromatic rings. The average molecular weight is 305 g/mol. The summed E-state index contributed by atoms with van der Waals surface area (Å²) in [7, 11) is 2.01. The maximum absolute atomic E-state index is 12.4. The number of rotatable bonds is 5. The molecule has 0 atom stereocenters. The monoisotopic (exact) mass is 305 g/mol. The van der Waals surface area contributed by atoms with Gasteiger partial charge in [0.1, 0.15) is 0 Å². The third-order valence-electron chi connectivity index (χ3n) is 3.81. The highest BCUT2D eigenvalue weighted by Crippen LogP contribution is 2.15. The summed E-state index contributed by atoms with van der Waals surface area (Å²) in [6.45, 7) is 1.32. The number of amides is 1. The molecule has 3 rings (SSSR count). The van der Waals surface area contributed by atoms with Crippen LogP contribution in [0.5, 0.6) is 0 Å². The smallest absolute Gasteiger partial charge is 0.253 e. The summed E-state index contributed by atoms with van der Waals surface area (Å²) in [5, 5.41) is 3.94.